The Bertz CT molecular complexity index is 400. The van der Waals surface area contributed by atoms with Crippen LogP contribution in [0.5, 0.6) is 0 Å². The number of halogens is 1. The van der Waals surface area contributed by atoms with Crippen molar-refractivity contribution in [1.82, 2.24) is 9.97 Å². The Balaban J connectivity index is 2.24. The molecule has 2 heterocycles. The molecule has 0 saturated carbocycles. The molecule has 4 nitrogen and oxygen atoms in total. The van der Waals surface area contributed by atoms with Gasteiger partial charge >= 0.3 is 0 Å². The number of nitrogens with one attached hydrogen (secondary N) is 1. The van der Waals surface area contributed by atoms with Gasteiger partial charge in [0.15, 0.2) is 0 Å². The first-order chi connectivity index (χ1) is 8.61. The molecule has 5 heteroatoms. The average Bonchev–Trinajstić information content (AvgIpc) is 2.31. The molecule has 0 amide bonds. The van der Waals surface area contributed by atoms with Crippen LogP contribution >= 0.6 is 15.9 Å². The van der Waals surface area contributed by atoms with Crippen LogP contribution in [-0.2, 0) is 0 Å². The molecule has 0 aliphatic carbocycles. The van der Waals surface area contributed by atoms with Crippen LogP contribution in [0, 0.1) is 11.8 Å². The highest BCUT2D eigenvalue weighted by molar-refractivity contribution is 9.10. The van der Waals surface area contributed by atoms with Gasteiger partial charge in [-0.3, -0.25) is 0 Å². The quantitative estimate of drug-likeness (QED) is 0.931. The Hall–Kier alpha value is -0.840. The minimum atomic E-state index is 0.721. The van der Waals surface area contributed by atoms with Crippen molar-refractivity contribution in [1.29, 1.82) is 0 Å². The molecule has 1 fully saturated rings. The lowest BCUT2D eigenvalue weighted by atomic mass is 9.92. The molecule has 1 aromatic heterocycles. The first kappa shape index (κ1) is 13.6. The lowest BCUT2D eigenvalue weighted by Crippen LogP contribution is -2.39. The third kappa shape index (κ3) is 2.94. The zero-order valence-corrected chi connectivity index (χ0v) is 12.9. The van der Waals surface area contributed by atoms with Crippen molar-refractivity contribution in [2.45, 2.75) is 27.2 Å². The number of piperidine rings is 1. The zero-order valence-electron chi connectivity index (χ0n) is 11.3. The van der Waals surface area contributed by atoms with Crippen LogP contribution < -0.4 is 10.2 Å². The summed E-state index contributed by atoms with van der Waals surface area (Å²) in [6, 6.07) is 0. The van der Waals surface area contributed by atoms with Crippen LogP contribution in [0.4, 0.5) is 11.6 Å². The summed E-state index contributed by atoms with van der Waals surface area (Å²) in [5, 5.41) is 3.25. The van der Waals surface area contributed by atoms with Crippen molar-refractivity contribution in [3.63, 3.8) is 0 Å². The van der Waals surface area contributed by atoms with Crippen LogP contribution in [0.15, 0.2) is 10.8 Å². The van der Waals surface area contributed by atoms with Crippen molar-refractivity contribution in [3.8, 4) is 0 Å². The van der Waals surface area contributed by atoms with Gasteiger partial charge in [-0.05, 0) is 41.1 Å². The van der Waals surface area contributed by atoms with E-state index in [1.165, 1.54) is 6.42 Å². The summed E-state index contributed by atoms with van der Waals surface area (Å²) >= 11 is 3.63. The highest BCUT2D eigenvalue weighted by Gasteiger charge is 2.25. The van der Waals surface area contributed by atoms with E-state index in [0.29, 0.717) is 0 Å². The molecule has 100 valence electrons. The van der Waals surface area contributed by atoms with Crippen LogP contribution in [0.2, 0.25) is 0 Å². The predicted octanol–water partition coefficient (Wildman–Crippen LogP) is 3.15. The number of hydrogen-bond donors (Lipinski definition) is 1. The Labute approximate surface area is 117 Å². The van der Waals surface area contributed by atoms with Gasteiger partial charge in [0.1, 0.15) is 22.4 Å². The van der Waals surface area contributed by atoms with E-state index in [-0.39, 0.29) is 0 Å². The molecule has 2 rings (SSSR count). The topological polar surface area (TPSA) is 41.1 Å². The van der Waals surface area contributed by atoms with Crippen LogP contribution in [0.3, 0.4) is 0 Å². The van der Waals surface area contributed by atoms with Gasteiger partial charge in [0, 0.05) is 19.6 Å². The summed E-state index contributed by atoms with van der Waals surface area (Å²) in [5.74, 6) is 3.34. The van der Waals surface area contributed by atoms with E-state index in [4.69, 9.17) is 0 Å². The van der Waals surface area contributed by atoms with Crippen molar-refractivity contribution < 1.29 is 0 Å². The second kappa shape index (κ2) is 5.87. The van der Waals surface area contributed by atoms with E-state index in [0.717, 1.165) is 47.6 Å². The SMILES string of the molecule is CCNc1ncnc(N2CC(C)CC(C)C2)c1Br. The first-order valence-electron chi connectivity index (χ1n) is 6.61. The normalized spacial score (nSPS) is 24.1. The van der Waals surface area contributed by atoms with Gasteiger partial charge in [0.05, 0.1) is 0 Å². The zero-order chi connectivity index (χ0) is 13.1. The lowest BCUT2D eigenvalue weighted by Gasteiger charge is -2.36. The Kier molecular flexibility index (Phi) is 4.43. The molecule has 1 N–H and O–H groups in total. The van der Waals surface area contributed by atoms with Crippen molar-refractivity contribution >= 4 is 27.6 Å². The number of anilines is 2. The van der Waals surface area contributed by atoms with E-state index in [9.17, 15) is 0 Å². The Morgan fingerprint density at radius 2 is 2.00 bits per heavy atom. The molecule has 2 atom stereocenters. The largest absolute Gasteiger partial charge is 0.369 e. The maximum atomic E-state index is 4.44. The fourth-order valence-corrected chi connectivity index (χ4v) is 3.30. The van der Waals surface area contributed by atoms with E-state index in [1.54, 1.807) is 6.33 Å². The minimum absolute atomic E-state index is 0.721. The van der Waals surface area contributed by atoms with Crippen LogP contribution in [-0.4, -0.2) is 29.6 Å². The Morgan fingerprint density at radius 3 is 2.61 bits per heavy atom. The van der Waals surface area contributed by atoms with Gasteiger partial charge in [-0.25, -0.2) is 9.97 Å². The molecule has 0 radical (unpaired) electrons. The summed E-state index contributed by atoms with van der Waals surface area (Å²) in [5.41, 5.74) is 0. The van der Waals surface area contributed by atoms with E-state index < -0.39 is 0 Å². The molecular formula is C13H21BrN4. The second-order valence-electron chi connectivity index (χ2n) is 5.24. The summed E-state index contributed by atoms with van der Waals surface area (Å²) in [4.78, 5) is 11.1. The van der Waals surface area contributed by atoms with Gasteiger partial charge < -0.3 is 10.2 Å². The smallest absolute Gasteiger partial charge is 0.148 e. The summed E-state index contributed by atoms with van der Waals surface area (Å²) in [6.07, 6.45) is 2.95. The van der Waals surface area contributed by atoms with Crippen molar-refractivity contribution in [2.75, 3.05) is 29.9 Å². The summed E-state index contributed by atoms with van der Waals surface area (Å²) < 4.78 is 0.980. The standard InChI is InChI=1S/C13H21BrN4/c1-4-15-12-11(14)13(17-8-16-12)18-6-9(2)5-10(3)7-18/h8-10H,4-7H2,1-3H3,(H,15,16,17). The molecule has 0 bridgehead atoms. The molecule has 0 aromatic carbocycles. The number of rotatable bonds is 3. The monoisotopic (exact) mass is 312 g/mol. The number of aromatic nitrogens is 2. The maximum absolute atomic E-state index is 4.44. The lowest BCUT2D eigenvalue weighted by molar-refractivity contribution is 0.355. The average molecular weight is 313 g/mol. The number of hydrogen-bond acceptors (Lipinski definition) is 4. The summed E-state index contributed by atoms with van der Waals surface area (Å²) in [7, 11) is 0. The van der Waals surface area contributed by atoms with Gasteiger partial charge in [-0.15, -0.1) is 0 Å². The maximum Gasteiger partial charge on any atom is 0.148 e. The van der Waals surface area contributed by atoms with E-state index >= 15 is 0 Å². The predicted molar refractivity (Wildman–Crippen MR) is 79.1 cm³/mol. The molecule has 0 spiro atoms. The third-order valence-corrected chi connectivity index (χ3v) is 4.01. The first-order valence-corrected chi connectivity index (χ1v) is 7.40. The molecule has 1 aliphatic heterocycles. The Morgan fingerprint density at radius 1 is 1.33 bits per heavy atom. The van der Waals surface area contributed by atoms with Gasteiger partial charge in [-0.1, -0.05) is 13.8 Å². The number of nitrogens with zero attached hydrogens (tertiary/aromatic N) is 3. The molecule has 1 aliphatic rings. The van der Waals surface area contributed by atoms with E-state index in [1.807, 2.05) is 0 Å². The van der Waals surface area contributed by atoms with Gasteiger partial charge in [-0.2, -0.15) is 0 Å². The van der Waals surface area contributed by atoms with Crippen LogP contribution in [0.25, 0.3) is 0 Å². The van der Waals surface area contributed by atoms with Gasteiger partial charge in [0.2, 0.25) is 0 Å². The highest BCUT2D eigenvalue weighted by atomic mass is 79.9. The van der Waals surface area contributed by atoms with Crippen LogP contribution in [0.1, 0.15) is 27.2 Å². The van der Waals surface area contributed by atoms with E-state index in [2.05, 4.69) is 56.9 Å². The minimum Gasteiger partial charge on any atom is -0.369 e. The third-order valence-electron chi connectivity index (χ3n) is 3.28. The molecule has 1 saturated heterocycles. The second-order valence-corrected chi connectivity index (χ2v) is 6.03. The molecule has 1 aromatic rings. The summed E-state index contributed by atoms with van der Waals surface area (Å²) in [6.45, 7) is 9.70. The molecule has 2 unspecified atom stereocenters. The fraction of sp³-hybridized carbons (Fsp3) is 0.692. The highest BCUT2D eigenvalue weighted by Crippen LogP contribution is 2.33. The molecular weight excluding hydrogens is 292 g/mol. The van der Waals surface area contributed by atoms with Crippen molar-refractivity contribution in [3.05, 3.63) is 10.8 Å². The fourth-order valence-electron chi connectivity index (χ4n) is 2.71. The molecule has 18 heavy (non-hydrogen) atoms. The van der Waals surface area contributed by atoms with Crippen molar-refractivity contribution in [2.24, 2.45) is 11.8 Å². The van der Waals surface area contributed by atoms with Gasteiger partial charge in [0.25, 0.3) is 0 Å².